The Morgan fingerprint density at radius 1 is 1.40 bits per heavy atom. The number of benzene rings is 1. The monoisotopic (exact) mass is 350 g/mol. The molecule has 0 atom stereocenters. The maximum Gasteiger partial charge on any atom is 0.147 e. The van der Waals surface area contributed by atoms with Gasteiger partial charge < -0.3 is 0 Å². The molecule has 1 rings (SSSR count). The highest BCUT2D eigenvalue weighted by atomic mass is 79.9. The maximum atomic E-state index is 11.4. The molecule has 0 bridgehead atoms. The summed E-state index contributed by atoms with van der Waals surface area (Å²) in [5, 5.41) is 1.26. The van der Waals surface area contributed by atoms with Crippen LogP contribution in [-0.2, 0) is 16.5 Å². The Kier molecular flexibility index (Phi) is 5.94. The summed E-state index contributed by atoms with van der Waals surface area (Å²) < 4.78 is 0. The van der Waals surface area contributed by atoms with Gasteiger partial charge in [-0.15, -0.1) is 11.8 Å². The number of hydrogen-bond acceptors (Lipinski definition) is 2. The van der Waals surface area contributed by atoms with Crippen molar-refractivity contribution in [3.63, 3.8) is 0 Å². The van der Waals surface area contributed by atoms with Gasteiger partial charge in [0.05, 0.1) is 5.33 Å². The van der Waals surface area contributed by atoms with Crippen molar-refractivity contribution in [2.24, 2.45) is 0 Å². The highest BCUT2D eigenvalue weighted by Crippen LogP contribution is 2.23. The molecule has 82 valence electrons. The Morgan fingerprint density at radius 2 is 2.13 bits per heavy atom. The van der Waals surface area contributed by atoms with Crippen molar-refractivity contribution in [1.29, 1.82) is 0 Å². The lowest BCUT2D eigenvalue weighted by atomic mass is 10.1. The summed E-state index contributed by atoms with van der Waals surface area (Å²) in [6.45, 7) is 0. The number of carbonyl (C=O) groups is 1. The van der Waals surface area contributed by atoms with Crippen molar-refractivity contribution < 1.29 is 4.79 Å². The van der Waals surface area contributed by atoms with E-state index in [1.807, 2.05) is 6.26 Å². The molecule has 0 unspecified atom stereocenters. The summed E-state index contributed by atoms with van der Waals surface area (Å²) >= 11 is 8.29. The van der Waals surface area contributed by atoms with Gasteiger partial charge >= 0.3 is 0 Å². The largest absolute Gasteiger partial charge is 0.298 e. The molecule has 0 aliphatic rings. The summed E-state index contributed by atoms with van der Waals surface area (Å²) in [6, 6.07) is 6.27. The Morgan fingerprint density at radius 3 is 2.67 bits per heavy atom. The van der Waals surface area contributed by atoms with Gasteiger partial charge in [0.1, 0.15) is 5.78 Å². The van der Waals surface area contributed by atoms with Crippen LogP contribution in [0.15, 0.2) is 23.1 Å². The first-order chi connectivity index (χ1) is 7.21. The highest BCUT2D eigenvalue weighted by Gasteiger charge is 2.07. The number of hydrogen-bond donors (Lipinski definition) is 0. The smallest absolute Gasteiger partial charge is 0.147 e. The predicted octanol–water partition coefficient (Wildman–Crippen LogP) is 3.81. The molecular formula is C11H12Br2OS. The molecule has 0 spiro atoms. The van der Waals surface area contributed by atoms with Crippen LogP contribution in [-0.4, -0.2) is 17.4 Å². The van der Waals surface area contributed by atoms with Crippen LogP contribution >= 0.6 is 43.6 Å². The second kappa shape index (κ2) is 6.71. The second-order valence-electron chi connectivity index (χ2n) is 3.13. The second-order valence-corrected chi connectivity index (χ2v) is 5.10. The van der Waals surface area contributed by atoms with Crippen molar-refractivity contribution in [1.82, 2.24) is 0 Å². The van der Waals surface area contributed by atoms with Gasteiger partial charge in [-0.05, 0) is 23.4 Å². The normalized spacial score (nSPS) is 10.3. The minimum atomic E-state index is 0.219. The van der Waals surface area contributed by atoms with Crippen LogP contribution in [0, 0.1) is 0 Å². The number of Topliss-reactive ketones (excluding diaryl/α,β-unsaturated/α-hetero) is 1. The van der Waals surface area contributed by atoms with Gasteiger partial charge in [0.25, 0.3) is 0 Å². The molecule has 0 fully saturated rings. The summed E-state index contributed by atoms with van der Waals surface area (Å²) in [5.74, 6) is 0.219. The average Bonchev–Trinajstić information content (AvgIpc) is 2.28. The van der Waals surface area contributed by atoms with Gasteiger partial charge in [-0.2, -0.15) is 0 Å². The number of ketones is 1. The fourth-order valence-electron chi connectivity index (χ4n) is 1.31. The van der Waals surface area contributed by atoms with Crippen LogP contribution in [0.2, 0.25) is 0 Å². The molecule has 0 heterocycles. The first-order valence-electron chi connectivity index (χ1n) is 4.50. The molecule has 0 aliphatic carbocycles. The van der Waals surface area contributed by atoms with Crippen LogP contribution in [0.25, 0.3) is 0 Å². The standard InChI is InChI=1S/C11H12Br2OS/c1-15-11-3-2-8(6-12)4-9(11)5-10(14)7-13/h2-4H,5-7H2,1H3. The molecule has 15 heavy (non-hydrogen) atoms. The van der Waals surface area contributed by atoms with Crippen LogP contribution < -0.4 is 0 Å². The first-order valence-corrected chi connectivity index (χ1v) is 7.97. The molecule has 1 aromatic rings. The number of carbonyl (C=O) groups excluding carboxylic acids is 1. The zero-order valence-corrected chi connectivity index (χ0v) is 12.4. The highest BCUT2D eigenvalue weighted by molar-refractivity contribution is 9.09. The number of rotatable bonds is 5. The lowest BCUT2D eigenvalue weighted by Gasteiger charge is -2.07. The summed E-state index contributed by atoms with van der Waals surface area (Å²) in [4.78, 5) is 12.6. The van der Waals surface area contributed by atoms with Gasteiger partial charge in [0.2, 0.25) is 0 Å². The van der Waals surface area contributed by atoms with Gasteiger partial charge in [0, 0.05) is 16.6 Å². The fraction of sp³-hybridized carbons (Fsp3) is 0.364. The Balaban J connectivity index is 2.95. The Hall–Kier alpha value is 0.200. The van der Waals surface area contributed by atoms with E-state index >= 15 is 0 Å². The van der Waals surface area contributed by atoms with E-state index in [-0.39, 0.29) is 5.78 Å². The molecule has 0 N–H and O–H groups in total. The van der Waals surface area contributed by atoms with Crippen LogP contribution in [0.1, 0.15) is 11.1 Å². The third kappa shape index (κ3) is 3.93. The molecule has 0 radical (unpaired) electrons. The van der Waals surface area contributed by atoms with Crippen molar-refractivity contribution in [2.75, 3.05) is 11.6 Å². The van der Waals surface area contributed by atoms with E-state index in [0.717, 1.165) is 10.9 Å². The Labute approximate surface area is 111 Å². The van der Waals surface area contributed by atoms with E-state index in [0.29, 0.717) is 11.8 Å². The van der Waals surface area contributed by atoms with E-state index in [9.17, 15) is 4.79 Å². The molecule has 1 aromatic carbocycles. The summed E-state index contributed by atoms with van der Waals surface area (Å²) in [6.07, 6.45) is 2.55. The van der Waals surface area contributed by atoms with E-state index in [4.69, 9.17) is 0 Å². The van der Waals surface area contributed by atoms with Crippen molar-refractivity contribution in [3.05, 3.63) is 29.3 Å². The number of halogens is 2. The molecule has 0 aromatic heterocycles. The topological polar surface area (TPSA) is 17.1 Å². The van der Waals surface area contributed by atoms with Crippen LogP contribution in [0.3, 0.4) is 0 Å². The summed E-state index contributed by atoms with van der Waals surface area (Å²) in [5.41, 5.74) is 2.34. The zero-order chi connectivity index (χ0) is 11.3. The molecule has 4 heteroatoms. The van der Waals surface area contributed by atoms with E-state index in [2.05, 4.69) is 50.1 Å². The lowest BCUT2D eigenvalue weighted by Crippen LogP contribution is -2.04. The predicted molar refractivity (Wildman–Crippen MR) is 73.4 cm³/mol. The third-order valence-electron chi connectivity index (χ3n) is 2.04. The molecule has 0 saturated heterocycles. The van der Waals surface area contributed by atoms with Crippen molar-refractivity contribution in [3.8, 4) is 0 Å². The third-order valence-corrected chi connectivity index (χ3v) is 4.15. The number of thioether (sulfide) groups is 1. The van der Waals surface area contributed by atoms with Gasteiger partial charge in [-0.1, -0.05) is 44.0 Å². The maximum absolute atomic E-state index is 11.4. The van der Waals surface area contributed by atoms with Crippen molar-refractivity contribution >= 4 is 49.4 Å². The van der Waals surface area contributed by atoms with Crippen LogP contribution in [0.5, 0.6) is 0 Å². The molecule has 0 aliphatic heterocycles. The quantitative estimate of drug-likeness (QED) is 0.592. The van der Waals surface area contributed by atoms with Crippen LogP contribution in [0.4, 0.5) is 0 Å². The average molecular weight is 352 g/mol. The minimum Gasteiger partial charge on any atom is -0.298 e. The SMILES string of the molecule is CSc1ccc(CBr)cc1CC(=O)CBr. The van der Waals surface area contributed by atoms with Crippen molar-refractivity contribution in [2.45, 2.75) is 16.6 Å². The summed E-state index contributed by atoms with van der Waals surface area (Å²) in [7, 11) is 0. The zero-order valence-electron chi connectivity index (χ0n) is 8.43. The fourth-order valence-corrected chi connectivity index (χ4v) is 2.46. The van der Waals surface area contributed by atoms with E-state index < -0.39 is 0 Å². The molecular weight excluding hydrogens is 340 g/mol. The minimum absolute atomic E-state index is 0.219. The van der Waals surface area contributed by atoms with Gasteiger partial charge in [-0.25, -0.2) is 0 Å². The molecule has 0 amide bonds. The van der Waals surface area contributed by atoms with Gasteiger partial charge in [0.15, 0.2) is 0 Å². The molecule has 1 nitrogen and oxygen atoms in total. The molecule has 0 saturated carbocycles. The Bertz CT molecular complexity index is 352. The van der Waals surface area contributed by atoms with E-state index in [1.54, 1.807) is 11.8 Å². The van der Waals surface area contributed by atoms with Gasteiger partial charge in [-0.3, -0.25) is 4.79 Å². The number of alkyl halides is 2. The van der Waals surface area contributed by atoms with E-state index in [1.165, 1.54) is 10.5 Å². The first kappa shape index (κ1) is 13.3. The lowest BCUT2D eigenvalue weighted by molar-refractivity contribution is -0.115.